The van der Waals surface area contributed by atoms with Crippen LogP contribution in [0.1, 0.15) is 15.9 Å². The summed E-state index contributed by atoms with van der Waals surface area (Å²) in [6.07, 6.45) is 1.42. The molecule has 0 spiro atoms. The van der Waals surface area contributed by atoms with Crippen LogP contribution in [0.2, 0.25) is 5.02 Å². The van der Waals surface area contributed by atoms with E-state index in [1.807, 2.05) is 0 Å². The van der Waals surface area contributed by atoms with Crippen LogP contribution in [0, 0.1) is 11.6 Å². The Hall–Kier alpha value is -2.21. The van der Waals surface area contributed by atoms with Gasteiger partial charge >= 0.3 is 0 Å². The van der Waals surface area contributed by atoms with Gasteiger partial charge < -0.3 is 10.3 Å². The maximum absolute atomic E-state index is 13.5. The van der Waals surface area contributed by atoms with Crippen LogP contribution in [0.25, 0.3) is 0 Å². The zero-order chi connectivity index (χ0) is 14.7. The number of nitrogens with one attached hydrogen (secondary N) is 2. The van der Waals surface area contributed by atoms with Crippen LogP contribution < -0.4 is 10.9 Å². The lowest BCUT2D eigenvalue weighted by Crippen LogP contribution is -2.24. The van der Waals surface area contributed by atoms with E-state index in [-0.39, 0.29) is 17.1 Å². The Kier molecular flexibility index (Phi) is 4.14. The fourth-order valence-electron chi connectivity index (χ4n) is 1.53. The standard InChI is InChI=1S/C13H9ClF2N2O2/c14-9-4-10(15)8(3-11(9)16)13(20)18-6-7-1-2-12(19)17-5-7/h1-5H,6H2,(H,17,19)(H,18,20). The molecule has 0 aliphatic rings. The van der Waals surface area contributed by atoms with E-state index in [1.165, 1.54) is 18.3 Å². The number of rotatable bonds is 3. The van der Waals surface area contributed by atoms with Crippen molar-refractivity contribution in [2.45, 2.75) is 6.54 Å². The molecule has 0 radical (unpaired) electrons. The fraction of sp³-hybridized carbons (Fsp3) is 0.0769. The second-order valence-electron chi connectivity index (χ2n) is 3.99. The lowest BCUT2D eigenvalue weighted by atomic mass is 10.2. The number of carbonyl (C=O) groups excluding carboxylic acids is 1. The van der Waals surface area contributed by atoms with Crippen molar-refractivity contribution in [3.63, 3.8) is 0 Å². The lowest BCUT2D eigenvalue weighted by molar-refractivity contribution is 0.0946. The van der Waals surface area contributed by atoms with Gasteiger partial charge in [-0.15, -0.1) is 0 Å². The van der Waals surface area contributed by atoms with Crippen LogP contribution in [0.15, 0.2) is 35.3 Å². The average molecular weight is 299 g/mol. The minimum atomic E-state index is -0.907. The smallest absolute Gasteiger partial charge is 0.254 e. The summed E-state index contributed by atoms with van der Waals surface area (Å²) in [4.78, 5) is 25.0. The van der Waals surface area contributed by atoms with E-state index in [0.717, 1.165) is 12.1 Å². The van der Waals surface area contributed by atoms with Crippen LogP contribution in [0.5, 0.6) is 0 Å². The summed E-state index contributed by atoms with van der Waals surface area (Å²) in [6.45, 7) is 0.0687. The van der Waals surface area contributed by atoms with E-state index in [4.69, 9.17) is 11.6 Å². The number of hydrogen-bond acceptors (Lipinski definition) is 2. The second-order valence-corrected chi connectivity index (χ2v) is 4.40. The molecule has 0 fully saturated rings. The molecule has 0 saturated heterocycles. The predicted molar refractivity (Wildman–Crippen MR) is 69.6 cm³/mol. The fourth-order valence-corrected chi connectivity index (χ4v) is 1.68. The van der Waals surface area contributed by atoms with Gasteiger partial charge in [-0.05, 0) is 17.7 Å². The second kappa shape index (κ2) is 5.83. The van der Waals surface area contributed by atoms with Crippen LogP contribution in [0.4, 0.5) is 8.78 Å². The van der Waals surface area contributed by atoms with Gasteiger partial charge in [0.15, 0.2) is 0 Å². The quantitative estimate of drug-likeness (QED) is 0.854. The molecular formula is C13H9ClF2N2O2. The van der Waals surface area contributed by atoms with Crippen molar-refractivity contribution in [1.29, 1.82) is 0 Å². The first-order chi connectivity index (χ1) is 9.47. The summed E-state index contributed by atoms with van der Waals surface area (Å²) < 4.78 is 26.7. The number of aromatic amines is 1. The minimum absolute atomic E-state index is 0.0687. The third kappa shape index (κ3) is 3.21. The molecule has 0 aliphatic heterocycles. The molecule has 2 rings (SSSR count). The number of amides is 1. The van der Waals surface area contributed by atoms with E-state index in [1.54, 1.807) is 0 Å². The first kappa shape index (κ1) is 14.2. The van der Waals surface area contributed by atoms with Gasteiger partial charge in [0.1, 0.15) is 11.6 Å². The van der Waals surface area contributed by atoms with E-state index < -0.39 is 23.1 Å². The summed E-state index contributed by atoms with van der Waals surface area (Å²) in [5.74, 6) is -2.55. The molecule has 0 bridgehead atoms. The molecule has 1 amide bonds. The molecule has 7 heteroatoms. The Morgan fingerprint density at radius 2 is 2.00 bits per heavy atom. The van der Waals surface area contributed by atoms with Gasteiger partial charge in [0.25, 0.3) is 5.91 Å². The first-order valence-electron chi connectivity index (χ1n) is 5.58. The highest BCUT2D eigenvalue weighted by atomic mass is 35.5. The van der Waals surface area contributed by atoms with Gasteiger partial charge in [-0.25, -0.2) is 8.78 Å². The molecule has 1 heterocycles. The highest BCUT2D eigenvalue weighted by Crippen LogP contribution is 2.19. The number of pyridine rings is 1. The molecule has 4 nitrogen and oxygen atoms in total. The molecule has 0 saturated carbocycles. The third-order valence-electron chi connectivity index (χ3n) is 2.56. The van der Waals surface area contributed by atoms with Gasteiger partial charge in [0, 0.05) is 18.8 Å². The minimum Gasteiger partial charge on any atom is -0.348 e. The van der Waals surface area contributed by atoms with Gasteiger partial charge in [-0.3, -0.25) is 9.59 Å². The van der Waals surface area contributed by atoms with E-state index in [0.29, 0.717) is 5.56 Å². The Labute approximate surface area is 117 Å². The number of H-pyrrole nitrogens is 1. The number of halogens is 3. The Morgan fingerprint density at radius 1 is 1.25 bits per heavy atom. The van der Waals surface area contributed by atoms with Crippen molar-refractivity contribution in [3.05, 3.63) is 68.6 Å². The summed E-state index contributed by atoms with van der Waals surface area (Å²) in [6, 6.07) is 4.29. The monoisotopic (exact) mass is 298 g/mol. The maximum Gasteiger partial charge on any atom is 0.254 e. The van der Waals surface area contributed by atoms with Gasteiger partial charge in [-0.1, -0.05) is 17.7 Å². The van der Waals surface area contributed by atoms with Crippen molar-refractivity contribution in [2.75, 3.05) is 0 Å². The topological polar surface area (TPSA) is 62.0 Å². The molecule has 0 unspecified atom stereocenters. The normalized spacial score (nSPS) is 10.3. The molecular weight excluding hydrogens is 290 g/mol. The van der Waals surface area contributed by atoms with Gasteiger partial charge in [0.2, 0.25) is 5.56 Å². The van der Waals surface area contributed by atoms with Gasteiger partial charge in [-0.2, -0.15) is 0 Å². The van der Waals surface area contributed by atoms with Crippen LogP contribution in [-0.2, 0) is 6.54 Å². The third-order valence-corrected chi connectivity index (χ3v) is 2.85. The van der Waals surface area contributed by atoms with E-state index >= 15 is 0 Å². The molecule has 2 N–H and O–H groups in total. The van der Waals surface area contributed by atoms with E-state index in [2.05, 4.69) is 10.3 Å². The number of carbonyl (C=O) groups is 1. The number of aromatic nitrogens is 1. The summed E-state index contributed by atoms with van der Waals surface area (Å²) in [7, 11) is 0. The van der Waals surface area contributed by atoms with Crippen molar-refractivity contribution < 1.29 is 13.6 Å². The first-order valence-corrected chi connectivity index (χ1v) is 5.95. The zero-order valence-corrected chi connectivity index (χ0v) is 10.8. The molecule has 1 aromatic carbocycles. The SMILES string of the molecule is O=C(NCc1ccc(=O)[nH]c1)c1cc(F)c(Cl)cc1F. The average Bonchev–Trinajstić information content (AvgIpc) is 2.42. The summed E-state index contributed by atoms with van der Waals surface area (Å²) >= 11 is 5.40. The Balaban J connectivity index is 2.11. The van der Waals surface area contributed by atoms with Crippen molar-refractivity contribution in [2.24, 2.45) is 0 Å². The molecule has 104 valence electrons. The predicted octanol–water partition coefficient (Wildman–Crippen LogP) is 2.24. The van der Waals surface area contributed by atoms with Gasteiger partial charge in [0.05, 0.1) is 10.6 Å². The zero-order valence-electron chi connectivity index (χ0n) is 10.0. The summed E-state index contributed by atoms with van der Waals surface area (Å²) in [5.41, 5.74) is -0.0880. The molecule has 20 heavy (non-hydrogen) atoms. The largest absolute Gasteiger partial charge is 0.348 e. The Bertz CT molecular complexity index is 696. The number of benzene rings is 1. The van der Waals surface area contributed by atoms with E-state index in [9.17, 15) is 18.4 Å². The number of hydrogen-bond donors (Lipinski definition) is 2. The Morgan fingerprint density at radius 3 is 2.65 bits per heavy atom. The van der Waals surface area contributed by atoms with Crippen molar-refractivity contribution in [1.82, 2.24) is 10.3 Å². The molecule has 2 aromatic rings. The van der Waals surface area contributed by atoms with Crippen molar-refractivity contribution >= 4 is 17.5 Å². The van der Waals surface area contributed by atoms with Crippen LogP contribution in [-0.4, -0.2) is 10.9 Å². The maximum atomic E-state index is 13.5. The van der Waals surface area contributed by atoms with Crippen LogP contribution >= 0.6 is 11.6 Å². The lowest BCUT2D eigenvalue weighted by Gasteiger charge is -2.07. The van der Waals surface area contributed by atoms with Crippen molar-refractivity contribution in [3.8, 4) is 0 Å². The van der Waals surface area contributed by atoms with Crippen LogP contribution in [0.3, 0.4) is 0 Å². The molecule has 0 atom stereocenters. The highest BCUT2D eigenvalue weighted by molar-refractivity contribution is 6.30. The summed E-state index contributed by atoms with van der Waals surface area (Å²) in [5, 5.41) is 2.02. The molecule has 1 aromatic heterocycles. The highest BCUT2D eigenvalue weighted by Gasteiger charge is 2.15. The molecule has 0 aliphatic carbocycles.